The van der Waals surface area contributed by atoms with E-state index in [1.54, 1.807) is 18.3 Å². The summed E-state index contributed by atoms with van der Waals surface area (Å²) in [6.07, 6.45) is 0.584. The third-order valence-electron chi connectivity index (χ3n) is 4.74. The third-order valence-corrected chi connectivity index (χ3v) is 4.74. The molecule has 0 radical (unpaired) electrons. The van der Waals surface area contributed by atoms with Crippen LogP contribution < -0.4 is 10.5 Å². The number of hydrogen-bond acceptors (Lipinski definition) is 5. The molecule has 0 aliphatic rings. The number of pyridine rings is 1. The van der Waals surface area contributed by atoms with Crippen LogP contribution in [0.3, 0.4) is 0 Å². The standard InChI is InChI=1S/C22H16F4N4O2/c23-15-6-4-13(5-7-15)20(31)22(25,26)9-11-32-17-3-1-2-16(19(17)24)14-8-10-30-18(12-14)28-21(27)29-30/h1-8,10,12H,9,11H2,(H2,27,29). The van der Waals surface area contributed by atoms with Crippen molar-refractivity contribution in [2.75, 3.05) is 12.3 Å². The molecule has 6 nitrogen and oxygen atoms in total. The first-order valence-corrected chi connectivity index (χ1v) is 9.46. The zero-order chi connectivity index (χ0) is 22.9. The monoisotopic (exact) mass is 444 g/mol. The largest absolute Gasteiger partial charge is 0.490 e. The van der Waals surface area contributed by atoms with Crippen LogP contribution in [0.5, 0.6) is 5.75 Å². The summed E-state index contributed by atoms with van der Waals surface area (Å²) >= 11 is 0. The zero-order valence-corrected chi connectivity index (χ0v) is 16.4. The first kappa shape index (κ1) is 21.3. The molecule has 0 unspecified atom stereocenters. The number of nitrogen functional groups attached to an aromatic ring is 1. The molecule has 0 amide bonds. The molecule has 32 heavy (non-hydrogen) atoms. The average molecular weight is 444 g/mol. The Morgan fingerprint density at radius 1 is 1.09 bits per heavy atom. The van der Waals surface area contributed by atoms with E-state index in [1.807, 2.05) is 0 Å². The van der Waals surface area contributed by atoms with Crippen molar-refractivity contribution in [2.24, 2.45) is 0 Å². The molecule has 0 spiro atoms. The maximum Gasteiger partial charge on any atom is 0.313 e. The number of anilines is 1. The highest BCUT2D eigenvalue weighted by Gasteiger charge is 2.39. The maximum absolute atomic E-state index is 15.0. The fourth-order valence-electron chi connectivity index (χ4n) is 3.13. The number of rotatable bonds is 7. The van der Waals surface area contributed by atoms with Crippen LogP contribution in [0.25, 0.3) is 16.8 Å². The van der Waals surface area contributed by atoms with Gasteiger partial charge in [-0.3, -0.25) is 4.79 Å². The number of fused-ring (bicyclic) bond motifs is 1. The third kappa shape index (κ3) is 4.25. The topological polar surface area (TPSA) is 82.5 Å². The van der Waals surface area contributed by atoms with Crippen molar-refractivity contribution >= 4 is 17.4 Å². The Balaban J connectivity index is 1.47. The zero-order valence-electron chi connectivity index (χ0n) is 16.4. The molecule has 10 heteroatoms. The van der Waals surface area contributed by atoms with Gasteiger partial charge in [-0.15, -0.1) is 5.10 Å². The van der Waals surface area contributed by atoms with Gasteiger partial charge in [-0.05, 0) is 48.0 Å². The lowest BCUT2D eigenvalue weighted by molar-refractivity contribution is -0.00286. The Bertz CT molecular complexity index is 1290. The van der Waals surface area contributed by atoms with Crippen LogP contribution in [0.4, 0.5) is 23.5 Å². The first-order chi connectivity index (χ1) is 15.2. The summed E-state index contributed by atoms with van der Waals surface area (Å²) in [5.74, 6) is -6.79. The molecule has 0 atom stereocenters. The van der Waals surface area contributed by atoms with Gasteiger partial charge in [0.25, 0.3) is 0 Å². The number of benzene rings is 2. The molecular weight excluding hydrogens is 428 g/mol. The van der Waals surface area contributed by atoms with Crippen LogP contribution in [0.2, 0.25) is 0 Å². The fraction of sp³-hybridized carbons (Fsp3) is 0.136. The lowest BCUT2D eigenvalue weighted by atomic mass is 10.0. The molecule has 0 aliphatic heterocycles. The van der Waals surface area contributed by atoms with Crippen molar-refractivity contribution in [3.05, 3.63) is 78.0 Å². The minimum atomic E-state index is -3.76. The number of halogens is 4. The normalized spacial score (nSPS) is 11.6. The van der Waals surface area contributed by atoms with Gasteiger partial charge in [-0.1, -0.05) is 12.1 Å². The van der Waals surface area contributed by atoms with Crippen LogP contribution in [-0.2, 0) is 0 Å². The molecule has 4 aromatic rings. The molecular formula is C22H16F4N4O2. The molecule has 2 aromatic carbocycles. The second-order valence-corrected chi connectivity index (χ2v) is 6.94. The van der Waals surface area contributed by atoms with E-state index >= 15 is 0 Å². The van der Waals surface area contributed by atoms with Crippen LogP contribution in [0, 0.1) is 11.6 Å². The van der Waals surface area contributed by atoms with Crippen molar-refractivity contribution in [1.82, 2.24) is 14.6 Å². The number of carbonyl (C=O) groups is 1. The Kier molecular flexibility index (Phi) is 5.52. The summed E-state index contributed by atoms with van der Waals surface area (Å²) in [6, 6.07) is 11.3. The number of nitrogens with two attached hydrogens (primary N) is 1. The minimum absolute atomic E-state index is 0.0656. The molecule has 2 heterocycles. The van der Waals surface area contributed by atoms with Crippen molar-refractivity contribution in [2.45, 2.75) is 12.3 Å². The highest BCUT2D eigenvalue weighted by atomic mass is 19.3. The molecule has 164 valence electrons. The van der Waals surface area contributed by atoms with E-state index in [4.69, 9.17) is 10.5 Å². The van der Waals surface area contributed by atoms with Crippen molar-refractivity contribution in [1.29, 1.82) is 0 Å². The lowest BCUT2D eigenvalue weighted by Crippen LogP contribution is -2.30. The highest BCUT2D eigenvalue weighted by molar-refractivity contribution is 6.01. The summed E-state index contributed by atoms with van der Waals surface area (Å²) in [6.45, 7) is -0.611. The predicted molar refractivity (Wildman–Crippen MR) is 109 cm³/mol. The molecule has 0 bridgehead atoms. The highest BCUT2D eigenvalue weighted by Crippen LogP contribution is 2.31. The molecule has 2 aromatic heterocycles. The molecule has 4 rings (SSSR count). The van der Waals surface area contributed by atoms with Gasteiger partial charge < -0.3 is 10.5 Å². The van der Waals surface area contributed by atoms with E-state index < -0.39 is 36.4 Å². The number of aromatic nitrogens is 3. The van der Waals surface area contributed by atoms with E-state index in [2.05, 4.69) is 10.1 Å². The number of nitrogens with zero attached hydrogens (tertiary/aromatic N) is 3. The molecule has 0 fully saturated rings. The summed E-state index contributed by atoms with van der Waals surface area (Å²) in [5, 5.41) is 3.94. The lowest BCUT2D eigenvalue weighted by Gasteiger charge is -2.16. The van der Waals surface area contributed by atoms with E-state index in [9.17, 15) is 22.4 Å². The summed E-state index contributed by atoms with van der Waals surface area (Å²) in [4.78, 5) is 16.0. The van der Waals surface area contributed by atoms with Crippen molar-refractivity contribution in [3.8, 4) is 16.9 Å². The van der Waals surface area contributed by atoms with Gasteiger partial charge in [0.05, 0.1) is 13.0 Å². The summed E-state index contributed by atoms with van der Waals surface area (Å²) in [7, 11) is 0. The summed E-state index contributed by atoms with van der Waals surface area (Å²) < 4.78 is 63.1. The van der Waals surface area contributed by atoms with Gasteiger partial charge >= 0.3 is 5.92 Å². The Morgan fingerprint density at radius 2 is 1.84 bits per heavy atom. The average Bonchev–Trinajstić information content (AvgIpc) is 3.14. The predicted octanol–water partition coefficient (Wildman–Crippen LogP) is 4.54. The Hall–Kier alpha value is -3.95. The molecule has 2 N–H and O–H groups in total. The molecule has 0 aliphatic carbocycles. The SMILES string of the molecule is Nc1nc2cc(-c3cccc(OCCC(F)(F)C(=O)c4ccc(F)cc4)c3F)ccn2n1. The summed E-state index contributed by atoms with van der Waals surface area (Å²) in [5.41, 5.74) is 6.26. The second-order valence-electron chi connectivity index (χ2n) is 6.94. The molecule has 0 saturated heterocycles. The fourth-order valence-corrected chi connectivity index (χ4v) is 3.13. The van der Waals surface area contributed by atoms with Crippen molar-refractivity contribution in [3.63, 3.8) is 0 Å². The van der Waals surface area contributed by atoms with E-state index in [-0.39, 0.29) is 22.8 Å². The minimum Gasteiger partial charge on any atom is -0.490 e. The van der Waals surface area contributed by atoms with Gasteiger partial charge in [0.1, 0.15) is 5.82 Å². The maximum atomic E-state index is 15.0. The van der Waals surface area contributed by atoms with Gasteiger partial charge in [-0.2, -0.15) is 13.8 Å². The van der Waals surface area contributed by atoms with Crippen LogP contribution in [-0.4, -0.2) is 32.9 Å². The van der Waals surface area contributed by atoms with E-state index in [0.717, 1.165) is 24.3 Å². The number of hydrogen-bond donors (Lipinski definition) is 1. The van der Waals surface area contributed by atoms with Crippen LogP contribution in [0.15, 0.2) is 60.8 Å². The Morgan fingerprint density at radius 3 is 2.59 bits per heavy atom. The van der Waals surface area contributed by atoms with Gasteiger partial charge in [0, 0.05) is 17.3 Å². The number of alkyl halides is 2. The number of Topliss-reactive ketones (excluding diaryl/α,β-unsaturated/α-hetero) is 1. The van der Waals surface area contributed by atoms with Gasteiger partial charge in [0.15, 0.2) is 17.2 Å². The number of ketones is 1. The smallest absolute Gasteiger partial charge is 0.313 e. The van der Waals surface area contributed by atoms with Crippen LogP contribution >= 0.6 is 0 Å². The van der Waals surface area contributed by atoms with Gasteiger partial charge in [0.2, 0.25) is 11.7 Å². The van der Waals surface area contributed by atoms with Gasteiger partial charge in [-0.25, -0.2) is 13.3 Å². The van der Waals surface area contributed by atoms with E-state index in [1.165, 1.54) is 22.7 Å². The first-order valence-electron chi connectivity index (χ1n) is 9.46. The van der Waals surface area contributed by atoms with E-state index in [0.29, 0.717) is 11.2 Å². The Labute approximate surface area is 179 Å². The molecule has 0 saturated carbocycles. The quantitative estimate of drug-likeness (QED) is 0.334. The van der Waals surface area contributed by atoms with Crippen LogP contribution in [0.1, 0.15) is 16.8 Å². The van der Waals surface area contributed by atoms with Crippen molar-refractivity contribution < 1.29 is 27.1 Å². The second kappa shape index (κ2) is 8.29. The number of ether oxygens (including phenoxy) is 1. The number of carbonyl (C=O) groups excluding carboxylic acids is 1.